The Labute approximate surface area is 267 Å². The van der Waals surface area contributed by atoms with E-state index in [2.05, 4.69) is 39.5 Å². The van der Waals surface area contributed by atoms with Crippen molar-refractivity contribution < 1.29 is 20.4 Å². The minimum Gasteiger partial charge on any atom is -0.393 e. The molecule has 0 aromatic heterocycles. The van der Waals surface area contributed by atoms with Crippen molar-refractivity contribution in [3.05, 3.63) is 0 Å². The number of aliphatic hydroxyl groups excluding tert-OH is 2. The van der Waals surface area contributed by atoms with Crippen molar-refractivity contribution in [1.29, 1.82) is 0 Å². The average Bonchev–Trinajstić information content (AvgIpc) is 3.47. The van der Waals surface area contributed by atoms with Crippen LogP contribution in [0.3, 0.4) is 0 Å². The van der Waals surface area contributed by atoms with Gasteiger partial charge in [-0.25, -0.2) is 0 Å². The highest BCUT2D eigenvalue weighted by Crippen LogP contribution is 2.68. The van der Waals surface area contributed by atoms with Gasteiger partial charge in [0.1, 0.15) is 11.2 Å². The number of fused-ring (bicyclic) bond motifs is 10. The fourth-order valence-electron chi connectivity index (χ4n) is 14.9. The number of rotatable bonds is 0. The van der Waals surface area contributed by atoms with Gasteiger partial charge in [0, 0.05) is 0 Å². The minimum atomic E-state index is -0.977. The largest absolute Gasteiger partial charge is 0.393 e. The highest BCUT2D eigenvalue weighted by atomic mass is 16.3. The van der Waals surface area contributed by atoms with Gasteiger partial charge in [-0.15, -0.1) is 0 Å². The molecule has 8 saturated carbocycles. The third-order valence-electron chi connectivity index (χ3n) is 17.9. The van der Waals surface area contributed by atoms with E-state index in [0.29, 0.717) is 35.5 Å². The van der Waals surface area contributed by atoms with Gasteiger partial charge in [-0.1, -0.05) is 39.5 Å². The fourth-order valence-corrected chi connectivity index (χ4v) is 14.9. The molecule has 8 aliphatic carbocycles. The van der Waals surface area contributed by atoms with Crippen molar-refractivity contribution in [2.24, 2.45) is 69.0 Å². The molecule has 0 heterocycles. The van der Waals surface area contributed by atoms with E-state index >= 15 is 0 Å². The molecule has 0 aromatic rings. The van der Waals surface area contributed by atoms with Gasteiger partial charge in [-0.3, -0.25) is 0 Å². The average molecular weight is 607 g/mol. The van der Waals surface area contributed by atoms with E-state index in [1.54, 1.807) is 0 Å². The van der Waals surface area contributed by atoms with Gasteiger partial charge >= 0.3 is 0 Å². The summed E-state index contributed by atoms with van der Waals surface area (Å²) in [6.07, 6.45) is 18.8. The molecule has 8 rings (SSSR count). The zero-order chi connectivity index (χ0) is 30.9. The summed E-state index contributed by atoms with van der Waals surface area (Å²) in [6, 6.07) is 0. The summed E-state index contributed by atoms with van der Waals surface area (Å²) in [4.78, 5) is 0. The first-order valence-corrected chi connectivity index (χ1v) is 19.1. The number of hydrogen-bond donors (Lipinski definition) is 4. The Morgan fingerprint density at radius 3 is 1.23 bits per heavy atom. The molecular weight excluding hydrogens is 544 g/mol. The van der Waals surface area contributed by atoms with Gasteiger partial charge in [0.15, 0.2) is 0 Å². The van der Waals surface area contributed by atoms with Gasteiger partial charge in [-0.2, -0.15) is 0 Å². The Bertz CT molecular complexity index is 1130. The molecule has 8 aliphatic rings. The van der Waals surface area contributed by atoms with Crippen molar-refractivity contribution in [2.45, 2.75) is 167 Å². The lowest BCUT2D eigenvalue weighted by Crippen LogP contribution is -2.56. The topological polar surface area (TPSA) is 80.9 Å². The van der Waals surface area contributed by atoms with Crippen LogP contribution in [0.2, 0.25) is 0 Å². The molecule has 4 N–H and O–H groups in total. The molecule has 44 heavy (non-hydrogen) atoms. The summed E-state index contributed by atoms with van der Waals surface area (Å²) in [5, 5.41) is 45.5. The van der Waals surface area contributed by atoms with Crippen molar-refractivity contribution in [3.63, 3.8) is 0 Å². The third-order valence-corrected chi connectivity index (χ3v) is 17.9. The molecule has 0 aliphatic heterocycles. The normalized spacial score (nSPS) is 61.3. The third kappa shape index (κ3) is 4.23. The Balaban J connectivity index is 0.951. The summed E-state index contributed by atoms with van der Waals surface area (Å²) < 4.78 is 0. The summed E-state index contributed by atoms with van der Waals surface area (Å²) in [5.41, 5.74) is -1.19. The highest BCUT2D eigenvalue weighted by molar-refractivity contribution is 5.26. The molecule has 16 atom stereocenters. The molecule has 0 radical (unpaired) electrons. The van der Waals surface area contributed by atoms with E-state index in [-0.39, 0.29) is 33.9 Å². The predicted octanol–water partition coefficient (Wildman–Crippen LogP) is 7.26. The quantitative estimate of drug-likeness (QED) is 0.219. The van der Waals surface area contributed by atoms with Gasteiger partial charge in [-0.05, 0) is 185 Å². The van der Waals surface area contributed by atoms with Gasteiger partial charge < -0.3 is 20.4 Å². The van der Waals surface area contributed by atoms with Gasteiger partial charge in [0.05, 0.1) is 12.2 Å². The highest BCUT2D eigenvalue weighted by Gasteiger charge is 2.63. The molecule has 0 bridgehead atoms. The molecule has 0 aromatic carbocycles. The molecular formula is C40H62O4. The van der Waals surface area contributed by atoms with Crippen LogP contribution in [-0.2, 0) is 0 Å². The number of aliphatic hydroxyl groups is 4. The van der Waals surface area contributed by atoms with E-state index in [1.165, 1.54) is 51.4 Å². The molecule has 0 unspecified atom stereocenters. The van der Waals surface area contributed by atoms with Crippen LogP contribution >= 0.6 is 0 Å². The van der Waals surface area contributed by atoms with Crippen LogP contribution in [-0.4, -0.2) is 43.8 Å². The second kappa shape index (κ2) is 9.96. The first-order chi connectivity index (χ1) is 20.7. The van der Waals surface area contributed by atoms with E-state index < -0.39 is 11.2 Å². The molecule has 8 fully saturated rings. The second-order valence-corrected chi connectivity index (χ2v) is 19.3. The van der Waals surface area contributed by atoms with E-state index in [9.17, 15) is 20.4 Å². The maximum atomic E-state index is 11.9. The predicted molar refractivity (Wildman–Crippen MR) is 173 cm³/mol. The fraction of sp³-hybridized carbons (Fsp3) is 0.950. The molecule has 0 amide bonds. The molecule has 4 heteroatoms. The lowest BCUT2D eigenvalue weighted by atomic mass is 9.44. The zero-order valence-electron chi connectivity index (χ0n) is 28.3. The van der Waals surface area contributed by atoms with Crippen molar-refractivity contribution >= 4 is 0 Å². The lowest BCUT2D eigenvalue weighted by Gasteiger charge is -2.61. The van der Waals surface area contributed by atoms with E-state index in [4.69, 9.17) is 0 Å². The van der Waals surface area contributed by atoms with Gasteiger partial charge in [0.2, 0.25) is 0 Å². The standard InChI is InChI=1S/C40H62O4/c1-35-17-19-39(43,23-25(35)5-7-27-29-9-11-33(41)37(29,3)15-13-31(27)35)21-22-40(44)20-18-36(2)26(24-40)6-8-28-30-10-12-34(42)38(30,4)16-14-32(28)36/h25-34,41-44H,5-20,23-24H2,1-4H3/t25-,26-,27-,28+,29+,30-,31+,32+,33-,34-,35-,36-,37-,38-,39+,40+/m0/s1. The zero-order valence-corrected chi connectivity index (χ0v) is 28.3. The van der Waals surface area contributed by atoms with Crippen molar-refractivity contribution in [3.8, 4) is 11.8 Å². The van der Waals surface area contributed by atoms with Crippen LogP contribution in [0.5, 0.6) is 0 Å². The molecule has 4 nitrogen and oxygen atoms in total. The molecule has 246 valence electrons. The summed E-state index contributed by atoms with van der Waals surface area (Å²) in [6.45, 7) is 9.79. The van der Waals surface area contributed by atoms with Crippen molar-refractivity contribution in [2.75, 3.05) is 0 Å². The van der Waals surface area contributed by atoms with Crippen LogP contribution in [0, 0.1) is 80.8 Å². The van der Waals surface area contributed by atoms with E-state index in [1.807, 2.05) is 0 Å². The van der Waals surface area contributed by atoms with Gasteiger partial charge in [0.25, 0.3) is 0 Å². The second-order valence-electron chi connectivity index (χ2n) is 19.3. The lowest BCUT2D eigenvalue weighted by molar-refractivity contribution is -0.145. The van der Waals surface area contributed by atoms with Crippen LogP contribution in [0.1, 0.15) is 143 Å². The Hall–Kier alpha value is -0.600. The summed E-state index contributed by atoms with van der Waals surface area (Å²) in [5.74, 6) is 12.0. The van der Waals surface area contributed by atoms with Crippen LogP contribution in [0.4, 0.5) is 0 Å². The number of hydrogen-bond acceptors (Lipinski definition) is 4. The molecule has 0 saturated heterocycles. The summed E-state index contributed by atoms with van der Waals surface area (Å²) >= 11 is 0. The smallest absolute Gasteiger partial charge is 0.125 e. The Kier molecular flexibility index (Phi) is 6.96. The maximum absolute atomic E-state index is 11.9. The van der Waals surface area contributed by atoms with Crippen LogP contribution < -0.4 is 0 Å². The Morgan fingerprint density at radius 2 is 0.818 bits per heavy atom. The minimum absolute atomic E-state index is 0.118. The Morgan fingerprint density at radius 1 is 0.432 bits per heavy atom. The maximum Gasteiger partial charge on any atom is 0.125 e. The monoisotopic (exact) mass is 606 g/mol. The SMILES string of the molecule is C[C@]12CC[C@@](O)(C#C[C@]3(O)CC[C@@]4(C)[C@@H](CC[C@H]5[C@H]4CC[C@]4(C)[C@@H](O)CC[C@@H]54)C3)C[C@@H]1CC[C@@H]1[C@H]2CC[C@@]2(C)[C@@H]1CC[C@@H]2O. The van der Waals surface area contributed by atoms with Crippen LogP contribution in [0.25, 0.3) is 0 Å². The van der Waals surface area contributed by atoms with Crippen molar-refractivity contribution in [1.82, 2.24) is 0 Å². The first-order valence-electron chi connectivity index (χ1n) is 19.1. The van der Waals surface area contributed by atoms with E-state index in [0.717, 1.165) is 76.0 Å². The molecule has 0 spiro atoms. The van der Waals surface area contributed by atoms with Crippen LogP contribution in [0.15, 0.2) is 0 Å². The summed E-state index contributed by atoms with van der Waals surface area (Å²) in [7, 11) is 0. The first kappa shape index (κ1) is 30.7.